The maximum Gasteiger partial charge on any atom is 0.150 e. The van der Waals surface area contributed by atoms with Gasteiger partial charge in [-0.2, -0.15) is 0 Å². The zero-order chi connectivity index (χ0) is 16.1. The van der Waals surface area contributed by atoms with Crippen LogP contribution < -0.4 is 5.32 Å². The van der Waals surface area contributed by atoms with E-state index in [0.717, 1.165) is 12.1 Å². The molecule has 0 amide bonds. The Morgan fingerprint density at radius 2 is 1.86 bits per heavy atom. The Kier molecular flexibility index (Phi) is 5.09. The van der Waals surface area contributed by atoms with Gasteiger partial charge in [-0.25, -0.2) is 13.8 Å². The summed E-state index contributed by atoms with van der Waals surface area (Å²) in [5.41, 5.74) is 2.48. The van der Waals surface area contributed by atoms with Gasteiger partial charge in [-0.3, -0.25) is 0 Å². The van der Waals surface area contributed by atoms with Crippen molar-refractivity contribution in [1.29, 1.82) is 0 Å². The molecule has 0 saturated heterocycles. The third kappa shape index (κ3) is 4.04. The van der Waals surface area contributed by atoms with Gasteiger partial charge < -0.3 is 10.2 Å². The second-order valence-corrected chi connectivity index (χ2v) is 5.07. The van der Waals surface area contributed by atoms with E-state index >= 15 is 0 Å². The minimum atomic E-state index is -0.407. The molecule has 0 aromatic heterocycles. The predicted molar refractivity (Wildman–Crippen MR) is 87.3 cm³/mol. The van der Waals surface area contributed by atoms with E-state index in [4.69, 9.17) is 0 Å². The quantitative estimate of drug-likeness (QED) is 0.644. The Morgan fingerprint density at radius 1 is 1.18 bits per heavy atom. The van der Waals surface area contributed by atoms with Crippen LogP contribution in [0.4, 0.5) is 25.8 Å². The van der Waals surface area contributed by atoms with E-state index in [-0.39, 0.29) is 5.82 Å². The SMILES string of the molecule is CCN(C)C=Nc1cc(C)c(Nc2ccc(F)cc2)cc1F. The van der Waals surface area contributed by atoms with Crippen molar-refractivity contribution in [3.8, 4) is 0 Å². The number of nitrogens with zero attached hydrogens (tertiary/aromatic N) is 2. The molecule has 0 aliphatic carbocycles. The zero-order valence-corrected chi connectivity index (χ0v) is 12.9. The van der Waals surface area contributed by atoms with Crippen molar-refractivity contribution in [3.05, 3.63) is 53.6 Å². The third-order valence-corrected chi connectivity index (χ3v) is 3.31. The maximum absolute atomic E-state index is 14.1. The predicted octanol–water partition coefficient (Wildman–Crippen LogP) is 4.63. The average molecular weight is 303 g/mol. The minimum Gasteiger partial charge on any atom is -0.366 e. The summed E-state index contributed by atoms with van der Waals surface area (Å²) in [6, 6.07) is 9.00. The van der Waals surface area contributed by atoms with Gasteiger partial charge in [-0.1, -0.05) is 0 Å². The maximum atomic E-state index is 14.1. The Morgan fingerprint density at radius 3 is 2.50 bits per heavy atom. The largest absolute Gasteiger partial charge is 0.366 e. The highest BCUT2D eigenvalue weighted by Gasteiger charge is 2.07. The molecular weight excluding hydrogens is 284 g/mol. The number of benzene rings is 2. The molecule has 2 aromatic rings. The first kappa shape index (κ1) is 15.9. The molecular formula is C17H19F2N3. The van der Waals surface area contributed by atoms with Gasteiger partial charge in [0.1, 0.15) is 11.5 Å². The Bertz CT molecular complexity index is 666. The Hall–Kier alpha value is -2.43. The molecule has 0 atom stereocenters. The molecule has 3 nitrogen and oxygen atoms in total. The van der Waals surface area contributed by atoms with Crippen LogP contribution in [0.25, 0.3) is 0 Å². The van der Waals surface area contributed by atoms with E-state index in [0.29, 0.717) is 17.1 Å². The summed E-state index contributed by atoms with van der Waals surface area (Å²) < 4.78 is 27.0. The molecule has 5 heteroatoms. The summed E-state index contributed by atoms with van der Waals surface area (Å²) in [5, 5.41) is 3.07. The van der Waals surface area contributed by atoms with Gasteiger partial charge in [0, 0.05) is 25.0 Å². The lowest BCUT2D eigenvalue weighted by atomic mass is 10.1. The van der Waals surface area contributed by atoms with Crippen molar-refractivity contribution in [2.45, 2.75) is 13.8 Å². The van der Waals surface area contributed by atoms with Crippen molar-refractivity contribution < 1.29 is 8.78 Å². The fourth-order valence-corrected chi connectivity index (χ4v) is 1.83. The lowest BCUT2D eigenvalue weighted by Crippen LogP contribution is -2.14. The van der Waals surface area contributed by atoms with Crippen molar-refractivity contribution in [1.82, 2.24) is 4.90 Å². The summed E-state index contributed by atoms with van der Waals surface area (Å²) >= 11 is 0. The lowest BCUT2D eigenvalue weighted by molar-refractivity contribution is 0.551. The number of rotatable bonds is 5. The smallest absolute Gasteiger partial charge is 0.150 e. The van der Waals surface area contributed by atoms with Gasteiger partial charge in [0.15, 0.2) is 5.82 Å². The number of nitrogens with one attached hydrogen (secondary N) is 1. The van der Waals surface area contributed by atoms with Crippen molar-refractivity contribution >= 4 is 23.4 Å². The second-order valence-electron chi connectivity index (χ2n) is 5.07. The van der Waals surface area contributed by atoms with Gasteiger partial charge in [-0.15, -0.1) is 0 Å². The number of anilines is 2. The molecule has 22 heavy (non-hydrogen) atoms. The van der Waals surface area contributed by atoms with Crippen LogP contribution in [0.15, 0.2) is 41.4 Å². The fraction of sp³-hybridized carbons (Fsp3) is 0.235. The first-order chi connectivity index (χ1) is 10.5. The molecule has 2 rings (SSSR count). The fourth-order valence-electron chi connectivity index (χ4n) is 1.83. The molecule has 0 saturated carbocycles. The van der Waals surface area contributed by atoms with Crippen LogP contribution in [0, 0.1) is 18.6 Å². The first-order valence-electron chi connectivity index (χ1n) is 7.06. The lowest BCUT2D eigenvalue weighted by Gasteiger charge is -2.12. The van der Waals surface area contributed by atoms with Crippen LogP contribution in [-0.4, -0.2) is 24.8 Å². The van der Waals surface area contributed by atoms with Gasteiger partial charge >= 0.3 is 0 Å². The van der Waals surface area contributed by atoms with Crippen LogP contribution in [-0.2, 0) is 0 Å². The molecule has 0 aliphatic heterocycles. The summed E-state index contributed by atoms with van der Waals surface area (Å²) in [6.07, 6.45) is 1.60. The van der Waals surface area contributed by atoms with Crippen molar-refractivity contribution in [3.63, 3.8) is 0 Å². The third-order valence-electron chi connectivity index (χ3n) is 3.31. The summed E-state index contributed by atoms with van der Waals surface area (Å²) in [7, 11) is 1.87. The second kappa shape index (κ2) is 7.02. The number of aliphatic imine (C=N–C) groups is 1. The van der Waals surface area contributed by atoms with E-state index in [1.807, 2.05) is 25.8 Å². The minimum absolute atomic E-state index is 0.294. The van der Waals surface area contributed by atoms with Gasteiger partial charge in [0.25, 0.3) is 0 Å². The molecule has 2 aromatic carbocycles. The molecule has 0 heterocycles. The molecule has 0 radical (unpaired) electrons. The Labute approximate surface area is 129 Å². The first-order valence-corrected chi connectivity index (χ1v) is 7.06. The number of hydrogen-bond donors (Lipinski definition) is 1. The van der Waals surface area contributed by atoms with E-state index in [9.17, 15) is 8.78 Å². The van der Waals surface area contributed by atoms with Crippen LogP contribution in [0.3, 0.4) is 0 Å². The molecule has 0 unspecified atom stereocenters. The number of halogens is 2. The topological polar surface area (TPSA) is 27.6 Å². The van der Waals surface area contributed by atoms with Gasteiger partial charge in [-0.05, 0) is 55.8 Å². The van der Waals surface area contributed by atoms with E-state index < -0.39 is 5.82 Å². The molecule has 0 bridgehead atoms. The van der Waals surface area contributed by atoms with Crippen LogP contribution in [0.2, 0.25) is 0 Å². The standard InChI is InChI=1S/C17H19F2N3/c1-4-22(3)11-20-17-9-12(2)16(10-15(17)19)21-14-7-5-13(18)6-8-14/h5-11,21H,4H2,1-3H3. The highest BCUT2D eigenvalue weighted by Crippen LogP contribution is 2.28. The van der Waals surface area contributed by atoms with Crippen molar-refractivity contribution in [2.75, 3.05) is 18.9 Å². The zero-order valence-electron chi connectivity index (χ0n) is 12.9. The summed E-state index contributed by atoms with van der Waals surface area (Å²) in [4.78, 5) is 6.01. The molecule has 1 N–H and O–H groups in total. The molecule has 0 fully saturated rings. The van der Waals surface area contributed by atoms with Gasteiger partial charge in [0.2, 0.25) is 0 Å². The highest BCUT2D eigenvalue weighted by molar-refractivity contribution is 5.68. The monoisotopic (exact) mass is 303 g/mol. The molecule has 0 aliphatic rings. The van der Waals surface area contributed by atoms with Crippen LogP contribution in [0.1, 0.15) is 12.5 Å². The summed E-state index contributed by atoms with van der Waals surface area (Å²) in [6.45, 7) is 4.66. The molecule has 116 valence electrons. The summed E-state index contributed by atoms with van der Waals surface area (Å²) in [5.74, 6) is -0.714. The van der Waals surface area contributed by atoms with E-state index in [2.05, 4.69) is 10.3 Å². The van der Waals surface area contributed by atoms with Crippen LogP contribution in [0.5, 0.6) is 0 Å². The van der Waals surface area contributed by atoms with E-state index in [1.165, 1.54) is 18.2 Å². The van der Waals surface area contributed by atoms with E-state index in [1.54, 1.807) is 24.5 Å². The van der Waals surface area contributed by atoms with Crippen LogP contribution >= 0.6 is 0 Å². The van der Waals surface area contributed by atoms with Gasteiger partial charge in [0.05, 0.1) is 6.34 Å². The average Bonchev–Trinajstić information content (AvgIpc) is 2.51. The number of aryl methyl sites for hydroxylation is 1. The highest BCUT2D eigenvalue weighted by atomic mass is 19.1. The Balaban J connectivity index is 2.22. The normalized spacial score (nSPS) is 11.0. The molecule has 0 spiro atoms. The number of hydrogen-bond acceptors (Lipinski definition) is 2. The van der Waals surface area contributed by atoms with Crippen molar-refractivity contribution in [2.24, 2.45) is 4.99 Å².